The Morgan fingerprint density at radius 1 is 1.05 bits per heavy atom. The lowest BCUT2D eigenvalue weighted by Crippen LogP contribution is -2.20. The lowest BCUT2D eigenvalue weighted by atomic mass is 10.0. The van der Waals surface area contributed by atoms with Gasteiger partial charge in [-0.3, -0.25) is 0 Å². The summed E-state index contributed by atoms with van der Waals surface area (Å²) in [6.45, 7) is 7.68. The number of nitrogens with zero attached hydrogens (tertiary/aromatic N) is 1. The van der Waals surface area contributed by atoms with Crippen LogP contribution in [0.25, 0.3) is 0 Å². The minimum absolute atomic E-state index is 0. The van der Waals surface area contributed by atoms with E-state index in [1.165, 1.54) is 17.5 Å². The van der Waals surface area contributed by atoms with E-state index >= 15 is 0 Å². The molecular formula is C15H28Cl2N2. The fourth-order valence-electron chi connectivity index (χ4n) is 1.77. The van der Waals surface area contributed by atoms with Crippen molar-refractivity contribution in [2.45, 2.75) is 32.7 Å². The van der Waals surface area contributed by atoms with Crippen LogP contribution in [0.3, 0.4) is 0 Å². The topological polar surface area (TPSA) is 15.3 Å². The van der Waals surface area contributed by atoms with Gasteiger partial charge in [-0.25, -0.2) is 0 Å². The van der Waals surface area contributed by atoms with Gasteiger partial charge in [0.25, 0.3) is 0 Å². The third-order valence-electron chi connectivity index (χ3n) is 2.93. The molecule has 0 heterocycles. The quantitative estimate of drug-likeness (QED) is 0.773. The fourth-order valence-corrected chi connectivity index (χ4v) is 1.77. The average Bonchev–Trinajstić information content (AvgIpc) is 2.29. The van der Waals surface area contributed by atoms with E-state index in [-0.39, 0.29) is 24.8 Å². The molecule has 1 aromatic rings. The molecule has 0 bridgehead atoms. The molecule has 1 aromatic carbocycles. The monoisotopic (exact) mass is 306 g/mol. The van der Waals surface area contributed by atoms with Crippen LogP contribution < -0.4 is 5.32 Å². The Morgan fingerprint density at radius 2 is 1.63 bits per heavy atom. The second-order valence-electron chi connectivity index (χ2n) is 5.23. The number of halogens is 2. The van der Waals surface area contributed by atoms with E-state index in [9.17, 15) is 0 Å². The molecule has 0 aliphatic rings. The Hall–Kier alpha value is -0.280. The predicted molar refractivity (Wildman–Crippen MR) is 89.9 cm³/mol. The van der Waals surface area contributed by atoms with Gasteiger partial charge in [0.05, 0.1) is 0 Å². The van der Waals surface area contributed by atoms with Gasteiger partial charge in [0.1, 0.15) is 0 Å². The summed E-state index contributed by atoms with van der Waals surface area (Å²) in [5.74, 6) is 0.622. The lowest BCUT2D eigenvalue weighted by molar-refractivity contribution is 0.394. The summed E-state index contributed by atoms with van der Waals surface area (Å²) in [6, 6.07) is 8.94. The van der Waals surface area contributed by atoms with Crippen LogP contribution in [0.5, 0.6) is 0 Å². The van der Waals surface area contributed by atoms with E-state index in [1.807, 2.05) is 0 Å². The molecular weight excluding hydrogens is 279 g/mol. The average molecular weight is 307 g/mol. The Labute approximate surface area is 130 Å². The molecule has 2 nitrogen and oxygen atoms in total. The molecule has 1 N–H and O–H groups in total. The van der Waals surface area contributed by atoms with Crippen molar-refractivity contribution in [3.8, 4) is 0 Å². The standard InChI is InChI=1S/C15H26N2.2ClH/c1-13(2)15-8-6-14(7-9-15)12-16-10-5-11-17(3)4;;/h6-9,13,16H,5,10-12H2,1-4H3;2*1H. The van der Waals surface area contributed by atoms with E-state index in [0.717, 1.165) is 19.6 Å². The molecule has 0 spiro atoms. The summed E-state index contributed by atoms with van der Waals surface area (Å²) in [4.78, 5) is 2.22. The van der Waals surface area contributed by atoms with Gasteiger partial charge in [-0.05, 0) is 50.7 Å². The third-order valence-corrected chi connectivity index (χ3v) is 2.93. The van der Waals surface area contributed by atoms with Gasteiger partial charge >= 0.3 is 0 Å². The first-order valence-corrected chi connectivity index (χ1v) is 6.54. The van der Waals surface area contributed by atoms with Crippen LogP contribution in [0.2, 0.25) is 0 Å². The predicted octanol–water partition coefficient (Wildman–Crippen LogP) is 3.69. The van der Waals surface area contributed by atoms with Crippen molar-refractivity contribution in [2.75, 3.05) is 27.2 Å². The van der Waals surface area contributed by atoms with Crippen molar-refractivity contribution in [1.82, 2.24) is 10.2 Å². The lowest BCUT2D eigenvalue weighted by Gasteiger charge is -2.10. The number of rotatable bonds is 7. The van der Waals surface area contributed by atoms with Gasteiger partial charge < -0.3 is 10.2 Å². The first-order valence-electron chi connectivity index (χ1n) is 6.54. The second kappa shape index (κ2) is 11.5. The molecule has 0 saturated carbocycles. The van der Waals surface area contributed by atoms with Crippen molar-refractivity contribution in [3.63, 3.8) is 0 Å². The SMILES string of the molecule is CC(C)c1ccc(CNCCCN(C)C)cc1.Cl.Cl. The molecule has 0 saturated heterocycles. The van der Waals surface area contributed by atoms with Crippen LogP contribution in [-0.4, -0.2) is 32.1 Å². The zero-order chi connectivity index (χ0) is 12.7. The van der Waals surface area contributed by atoms with Gasteiger partial charge in [-0.15, -0.1) is 24.8 Å². The summed E-state index contributed by atoms with van der Waals surface area (Å²) in [5, 5.41) is 3.48. The van der Waals surface area contributed by atoms with Crippen molar-refractivity contribution in [3.05, 3.63) is 35.4 Å². The van der Waals surface area contributed by atoms with Gasteiger partial charge in [0.15, 0.2) is 0 Å². The van der Waals surface area contributed by atoms with Gasteiger partial charge in [0.2, 0.25) is 0 Å². The Bertz CT molecular complexity index is 310. The van der Waals surface area contributed by atoms with Crippen LogP contribution in [0.1, 0.15) is 37.3 Å². The number of hydrogen-bond donors (Lipinski definition) is 1. The molecule has 0 aliphatic heterocycles. The van der Waals surface area contributed by atoms with Crippen LogP contribution in [0, 0.1) is 0 Å². The molecule has 0 aromatic heterocycles. The first-order chi connectivity index (χ1) is 8.09. The molecule has 0 aliphatic carbocycles. The summed E-state index contributed by atoms with van der Waals surface area (Å²) >= 11 is 0. The van der Waals surface area contributed by atoms with E-state index in [1.54, 1.807) is 0 Å². The summed E-state index contributed by atoms with van der Waals surface area (Å²) in [5.41, 5.74) is 2.79. The maximum atomic E-state index is 3.48. The maximum Gasteiger partial charge on any atom is 0.0205 e. The van der Waals surface area contributed by atoms with E-state index in [0.29, 0.717) is 5.92 Å². The second-order valence-corrected chi connectivity index (χ2v) is 5.23. The minimum Gasteiger partial charge on any atom is -0.313 e. The zero-order valence-corrected chi connectivity index (χ0v) is 14.1. The highest BCUT2D eigenvalue weighted by atomic mass is 35.5. The molecule has 19 heavy (non-hydrogen) atoms. The highest BCUT2D eigenvalue weighted by Crippen LogP contribution is 2.14. The van der Waals surface area contributed by atoms with Crippen molar-refractivity contribution < 1.29 is 0 Å². The Morgan fingerprint density at radius 3 is 2.11 bits per heavy atom. The number of benzene rings is 1. The summed E-state index contributed by atoms with van der Waals surface area (Å²) in [7, 11) is 4.23. The van der Waals surface area contributed by atoms with E-state index in [2.05, 4.69) is 62.4 Å². The largest absolute Gasteiger partial charge is 0.313 e. The summed E-state index contributed by atoms with van der Waals surface area (Å²) < 4.78 is 0. The Kier molecular flexibility index (Phi) is 12.8. The van der Waals surface area contributed by atoms with Gasteiger partial charge in [-0.2, -0.15) is 0 Å². The zero-order valence-electron chi connectivity index (χ0n) is 12.5. The molecule has 4 heteroatoms. The van der Waals surface area contributed by atoms with Gasteiger partial charge in [0, 0.05) is 6.54 Å². The molecule has 0 atom stereocenters. The molecule has 0 unspecified atom stereocenters. The first kappa shape index (κ1) is 21.0. The van der Waals surface area contributed by atoms with E-state index < -0.39 is 0 Å². The van der Waals surface area contributed by atoms with Crippen LogP contribution >= 0.6 is 24.8 Å². The van der Waals surface area contributed by atoms with E-state index in [4.69, 9.17) is 0 Å². The van der Waals surface area contributed by atoms with Crippen LogP contribution in [-0.2, 0) is 6.54 Å². The molecule has 0 amide bonds. The van der Waals surface area contributed by atoms with Crippen molar-refractivity contribution >= 4 is 24.8 Å². The smallest absolute Gasteiger partial charge is 0.0205 e. The Balaban J connectivity index is 0. The molecule has 0 radical (unpaired) electrons. The highest BCUT2D eigenvalue weighted by molar-refractivity contribution is 5.85. The number of hydrogen-bond acceptors (Lipinski definition) is 2. The van der Waals surface area contributed by atoms with Crippen molar-refractivity contribution in [1.29, 1.82) is 0 Å². The maximum absolute atomic E-state index is 3.48. The van der Waals surface area contributed by atoms with Crippen LogP contribution in [0.15, 0.2) is 24.3 Å². The van der Waals surface area contributed by atoms with Gasteiger partial charge in [-0.1, -0.05) is 38.1 Å². The molecule has 0 fully saturated rings. The van der Waals surface area contributed by atoms with Crippen molar-refractivity contribution in [2.24, 2.45) is 0 Å². The molecule has 112 valence electrons. The summed E-state index contributed by atoms with van der Waals surface area (Å²) in [6.07, 6.45) is 1.21. The normalized spacial score (nSPS) is 10.2. The van der Waals surface area contributed by atoms with Crippen LogP contribution in [0.4, 0.5) is 0 Å². The minimum atomic E-state index is 0. The third kappa shape index (κ3) is 9.28. The fraction of sp³-hybridized carbons (Fsp3) is 0.600. The number of nitrogens with one attached hydrogen (secondary N) is 1. The highest BCUT2D eigenvalue weighted by Gasteiger charge is 1.98. The molecule has 1 rings (SSSR count).